The number of benzene rings is 1. The second kappa shape index (κ2) is 10.3. The van der Waals surface area contributed by atoms with Gasteiger partial charge in [-0.25, -0.2) is 0 Å². The molecule has 3 N–H and O–H groups in total. The van der Waals surface area contributed by atoms with Crippen molar-refractivity contribution in [3.63, 3.8) is 0 Å². The van der Waals surface area contributed by atoms with Crippen molar-refractivity contribution in [1.29, 1.82) is 0 Å². The van der Waals surface area contributed by atoms with Gasteiger partial charge < -0.3 is 16.0 Å². The van der Waals surface area contributed by atoms with Gasteiger partial charge in [-0.3, -0.25) is 14.6 Å². The summed E-state index contributed by atoms with van der Waals surface area (Å²) in [5.41, 5.74) is 6.92. The van der Waals surface area contributed by atoms with E-state index in [0.29, 0.717) is 31.7 Å². The highest BCUT2D eigenvalue weighted by Crippen LogP contribution is 2.20. The van der Waals surface area contributed by atoms with Gasteiger partial charge in [0.25, 0.3) is 5.91 Å². The van der Waals surface area contributed by atoms with Crippen molar-refractivity contribution in [2.45, 2.75) is 12.8 Å². The number of aromatic nitrogens is 1. The third kappa shape index (κ3) is 5.06. The number of nitrogens with zero attached hydrogens (tertiary/aromatic N) is 2. The van der Waals surface area contributed by atoms with Crippen molar-refractivity contribution >= 4 is 47.5 Å². The van der Waals surface area contributed by atoms with E-state index in [1.807, 2.05) is 24.3 Å². The Morgan fingerprint density at radius 3 is 2.85 bits per heavy atom. The normalized spacial score (nSPS) is 16.3. The molecule has 2 heterocycles. The molecular formula is C18H24Cl2N4O2. The Morgan fingerprint density at radius 2 is 2.08 bits per heavy atom. The van der Waals surface area contributed by atoms with Crippen molar-refractivity contribution in [3.05, 3.63) is 42.1 Å². The summed E-state index contributed by atoms with van der Waals surface area (Å²) in [6.45, 7) is 2.04. The number of carbonyl (C=O) groups is 2. The van der Waals surface area contributed by atoms with Gasteiger partial charge in [0.15, 0.2) is 0 Å². The molecule has 0 radical (unpaired) electrons. The number of nitrogens with one attached hydrogen (secondary N) is 1. The van der Waals surface area contributed by atoms with E-state index in [-0.39, 0.29) is 42.5 Å². The number of nitrogens with two attached hydrogens (primary N) is 1. The monoisotopic (exact) mass is 398 g/mol. The van der Waals surface area contributed by atoms with E-state index in [2.05, 4.69) is 10.3 Å². The molecule has 8 heteroatoms. The summed E-state index contributed by atoms with van der Waals surface area (Å²) in [7, 11) is 0. The molecule has 26 heavy (non-hydrogen) atoms. The summed E-state index contributed by atoms with van der Waals surface area (Å²) >= 11 is 0. The maximum atomic E-state index is 12.8. The first-order chi connectivity index (χ1) is 11.7. The maximum Gasteiger partial charge on any atom is 0.253 e. The predicted octanol–water partition coefficient (Wildman–Crippen LogP) is 2.01. The average molecular weight is 399 g/mol. The van der Waals surface area contributed by atoms with Crippen LogP contribution in [0.3, 0.4) is 0 Å². The number of amides is 2. The largest absolute Gasteiger partial charge is 0.355 e. The first-order valence-corrected chi connectivity index (χ1v) is 8.31. The molecule has 1 unspecified atom stereocenters. The summed E-state index contributed by atoms with van der Waals surface area (Å²) in [6, 6.07) is 9.32. The third-order valence-corrected chi connectivity index (χ3v) is 4.37. The van der Waals surface area contributed by atoms with Crippen LogP contribution < -0.4 is 11.1 Å². The molecule has 2 amide bonds. The lowest BCUT2D eigenvalue weighted by Gasteiger charge is -2.32. The summed E-state index contributed by atoms with van der Waals surface area (Å²) in [5, 5.41) is 3.76. The fourth-order valence-electron chi connectivity index (χ4n) is 3.11. The molecule has 142 valence electrons. The molecule has 1 aromatic carbocycles. The number of hydrogen-bond acceptors (Lipinski definition) is 4. The van der Waals surface area contributed by atoms with Crippen molar-refractivity contribution < 1.29 is 9.59 Å². The second-order valence-corrected chi connectivity index (χ2v) is 6.08. The van der Waals surface area contributed by atoms with E-state index in [1.54, 1.807) is 17.2 Å². The zero-order valence-corrected chi connectivity index (χ0v) is 16.0. The number of piperidine rings is 1. The van der Waals surface area contributed by atoms with Gasteiger partial charge >= 0.3 is 0 Å². The number of hydrogen-bond donors (Lipinski definition) is 2. The molecule has 0 spiro atoms. The lowest BCUT2D eigenvalue weighted by atomic mass is 9.96. The minimum absolute atomic E-state index is 0. The van der Waals surface area contributed by atoms with Crippen molar-refractivity contribution in [2.24, 2.45) is 11.7 Å². The Bertz CT molecular complexity index is 757. The highest BCUT2D eigenvalue weighted by atomic mass is 35.5. The van der Waals surface area contributed by atoms with Gasteiger partial charge in [-0.1, -0.05) is 6.07 Å². The minimum atomic E-state index is -0.156. The Kier molecular flexibility index (Phi) is 8.78. The average Bonchev–Trinajstić information content (AvgIpc) is 2.65. The molecule has 0 bridgehead atoms. The van der Waals surface area contributed by atoms with Crippen molar-refractivity contribution in [1.82, 2.24) is 15.2 Å². The molecular weight excluding hydrogens is 375 g/mol. The van der Waals surface area contributed by atoms with E-state index in [9.17, 15) is 9.59 Å². The van der Waals surface area contributed by atoms with Crippen LogP contribution in [0.15, 0.2) is 36.5 Å². The Labute approximate surface area is 165 Å². The Hall–Kier alpha value is -1.89. The number of halogens is 2. The fourth-order valence-corrected chi connectivity index (χ4v) is 3.11. The van der Waals surface area contributed by atoms with Crippen LogP contribution >= 0.6 is 24.8 Å². The van der Waals surface area contributed by atoms with Crippen LogP contribution in [0.1, 0.15) is 23.2 Å². The summed E-state index contributed by atoms with van der Waals surface area (Å²) < 4.78 is 0. The third-order valence-electron chi connectivity index (χ3n) is 4.37. The molecule has 1 aromatic heterocycles. The standard InChI is InChI=1S/C18H22N4O2.2ClH/c19-7-9-21-17(23)15-4-2-10-22(12-15)18(24)14-5-6-16-13(11-14)3-1-8-20-16;;/h1,3,5-6,8,11,15H,2,4,7,9-10,12,19H2,(H,21,23);2*1H. The van der Waals surface area contributed by atoms with E-state index < -0.39 is 0 Å². The first-order valence-electron chi connectivity index (χ1n) is 8.31. The van der Waals surface area contributed by atoms with E-state index >= 15 is 0 Å². The van der Waals surface area contributed by atoms with Gasteiger partial charge in [-0.2, -0.15) is 0 Å². The quantitative estimate of drug-likeness (QED) is 0.823. The van der Waals surface area contributed by atoms with Crippen LogP contribution in [-0.4, -0.2) is 47.9 Å². The van der Waals surface area contributed by atoms with Crippen LogP contribution in [-0.2, 0) is 4.79 Å². The number of pyridine rings is 1. The molecule has 6 nitrogen and oxygen atoms in total. The zero-order valence-electron chi connectivity index (χ0n) is 14.4. The first kappa shape index (κ1) is 22.2. The van der Waals surface area contributed by atoms with E-state index in [0.717, 1.165) is 23.7 Å². The van der Waals surface area contributed by atoms with E-state index in [1.165, 1.54) is 0 Å². The summed E-state index contributed by atoms with van der Waals surface area (Å²) in [4.78, 5) is 30.9. The van der Waals surface area contributed by atoms with Crippen LogP contribution in [0.2, 0.25) is 0 Å². The molecule has 1 aliphatic heterocycles. The molecule has 0 aliphatic carbocycles. The van der Waals surface area contributed by atoms with Gasteiger partial charge in [0.2, 0.25) is 5.91 Å². The molecule has 0 saturated carbocycles. The van der Waals surface area contributed by atoms with Gasteiger partial charge in [-0.05, 0) is 37.1 Å². The maximum absolute atomic E-state index is 12.8. The molecule has 2 aromatic rings. The number of rotatable bonds is 4. The van der Waals surface area contributed by atoms with E-state index in [4.69, 9.17) is 5.73 Å². The van der Waals surface area contributed by atoms with Gasteiger partial charge in [-0.15, -0.1) is 24.8 Å². The molecule has 1 atom stereocenters. The number of likely N-dealkylation sites (tertiary alicyclic amines) is 1. The van der Waals surface area contributed by atoms with Gasteiger partial charge in [0.1, 0.15) is 0 Å². The second-order valence-electron chi connectivity index (χ2n) is 6.08. The number of carbonyl (C=O) groups excluding carboxylic acids is 2. The van der Waals surface area contributed by atoms with Crippen molar-refractivity contribution in [2.75, 3.05) is 26.2 Å². The molecule has 1 fully saturated rings. The molecule has 3 rings (SSSR count). The molecule has 1 saturated heterocycles. The summed E-state index contributed by atoms with van der Waals surface area (Å²) in [5.74, 6) is -0.200. The van der Waals surface area contributed by atoms with Crippen LogP contribution in [0.5, 0.6) is 0 Å². The lowest BCUT2D eigenvalue weighted by molar-refractivity contribution is -0.126. The van der Waals surface area contributed by atoms with Crippen LogP contribution in [0.25, 0.3) is 10.9 Å². The predicted molar refractivity (Wildman–Crippen MR) is 107 cm³/mol. The highest BCUT2D eigenvalue weighted by Gasteiger charge is 2.28. The van der Waals surface area contributed by atoms with Crippen LogP contribution in [0.4, 0.5) is 0 Å². The van der Waals surface area contributed by atoms with Gasteiger partial charge in [0.05, 0.1) is 11.4 Å². The molecule has 1 aliphatic rings. The smallest absolute Gasteiger partial charge is 0.253 e. The summed E-state index contributed by atoms with van der Waals surface area (Å²) in [6.07, 6.45) is 3.38. The highest BCUT2D eigenvalue weighted by molar-refractivity contribution is 5.98. The lowest BCUT2D eigenvalue weighted by Crippen LogP contribution is -2.46. The zero-order chi connectivity index (χ0) is 16.9. The Balaban J connectivity index is 0.00000169. The van der Waals surface area contributed by atoms with Gasteiger partial charge in [0, 0.05) is 43.3 Å². The topological polar surface area (TPSA) is 88.3 Å². The Morgan fingerprint density at radius 1 is 1.27 bits per heavy atom. The van der Waals surface area contributed by atoms with Crippen LogP contribution in [0, 0.1) is 5.92 Å². The SMILES string of the molecule is Cl.Cl.NCCNC(=O)C1CCCN(C(=O)c2ccc3ncccc3c2)C1. The van der Waals surface area contributed by atoms with Crippen molar-refractivity contribution in [3.8, 4) is 0 Å². The minimum Gasteiger partial charge on any atom is -0.355 e. The fraction of sp³-hybridized carbons (Fsp3) is 0.389. The number of fused-ring (bicyclic) bond motifs is 1.